The number of likely N-dealkylation sites (tertiary alicyclic amines) is 1. The van der Waals surface area contributed by atoms with Crippen LogP contribution in [0.1, 0.15) is 6.42 Å². The second kappa shape index (κ2) is 3.97. The molecule has 0 aromatic rings. The van der Waals surface area contributed by atoms with Gasteiger partial charge in [-0.2, -0.15) is 0 Å². The average Bonchev–Trinajstić information content (AvgIpc) is 2.03. The number of carboxylic acid groups (broad SMARTS) is 1. The maximum atomic E-state index is 10.5. The number of hydrogen-bond donors (Lipinski definition) is 2. The molecule has 0 aromatic heterocycles. The smallest absolute Gasteiger partial charge is 0.407 e. The van der Waals surface area contributed by atoms with Gasteiger partial charge in [-0.05, 0) is 12.0 Å². The van der Waals surface area contributed by atoms with Crippen molar-refractivity contribution >= 4 is 6.09 Å². The molecule has 1 fully saturated rings. The van der Waals surface area contributed by atoms with Gasteiger partial charge in [0.25, 0.3) is 0 Å². The Morgan fingerprint density at radius 1 is 1.62 bits per heavy atom. The highest BCUT2D eigenvalue weighted by atomic mass is 16.4. The lowest BCUT2D eigenvalue weighted by Crippen LogP contribution is -2.47. The number of β-amino-alcohol motifs (C(OH)–C–C–N with tert-alkyl or cyclic N) is 1. The largest absolute Gasteiger partial charge is 0.465 e. The lowest BCUT2D eigenvalue weighted by molar-refractivity contribution is 0.0577. The molecule has 1 rings (SSSR count). The number of hydrogen-bond acceptors (Lipinski definition) is 3. The van der Waals surface area contributed by atoms with Crippen molar-refractivity contribution in [2.75, 3.05) is 13.1 Å². The summed E-state index contributed by atoms with van der Waals surface area (Å²) in [5.41, 5.74) is 8.14. The van der Waals surface area contributed by atoms with E-state index in [4.69, 9.17) is 10.6 Å². The maximum Gasteiger partial charge on any atom is 0.407 e. The fourth-order valence-corrected chi connectivity index (χ4v) is 1.36. The third kappa shape index (κ3) is 2.50. The van der Waals surface area contributed by atoms with Gasteiger partial charge in [-0.25, -0.2) is 4.79 Å². The van der Waals surface area contributed by atoms with Gasteiger partial charge < -0.3 is 15.1 Å². The van der Waals surface area contributed by atoms with Crippen LogP contribution in [0, 0.1) is 0 Å². The molecule has 13 heavy (non-hydrogen) atoms. The van der Waals surface area contributed by atoms with Crippen LogP contribution in [0.2, 0.25) is 0 Å². The fourth-order valence-electron chi connectivity index (χ4n) is 1.36. The van der Waals surface area contributed by atoms with Gasteiger partial charge >= 0.3 is 6.09 Å². The molecule has 1 amide bonds. The number of rotatable bonds is 1. The maximum absolute atomic E-state index is 10.5. The zero-order valence-corrected chi connectivity index (χ0v) is 6.87. The summed E-state index contributed by atoms with van der Waals surface area (Å²) in [5.74, 6) is 0. The number of amides is 1. The molecule has 0 radical (unpaired) electrons. The summed E-state index contributed by atoms with van der Waals surface area (Å²) in [5, 5.41) is 21.2. The van der Waals surface area contributed by atoms with Crippen LogP contribution in [0.5, 0.6) is 0 Å². The first-order chi connectivity index (χ1) is 6.13. The molecule has 2 unspecified atom stereocenters. The van der Waals surface area contributed by atoms with Gasteiger partial charge in [0, 0.05) is 18.0 Å². The van der Waals surface area contributed by atoms with Crippen LogP contribution in [0.4, 0.5) is 4.79 Å². The average molecular weight is 186 g/mol. The van der Waals surface area contributed by atoms with Crippen LogP contribution in [0.15, 0.2) is 5.11 Å². The van der Waals surface area contributed by atoms with Crippen molar-refractivity contribution in [3.63, 3.8) is 0 Å². The van der Waals surface area contributed by atoms with Crippen LogP contribution in [-0.2, 0) is 0 Å². The third-order valence-corrected chi connectivity index (χ3v) is 1.89. The Morgan fingerprint density at radius 3 is 2.85 bits per heavy atom. The highest BCUT2D eigenvalue weighted by molar-refractivity contribution is 5.65. The van der Waals surface area contributed by atoms with Crippen molar-refractivity contribution < 1.29 is 15.0 Å². The van der Waals surface area contributed by atoms with Gasteiger partial charge in [0.1, 0.15) is 0 Å². The molecular formula is C6H10N4O3. The van der Waals surface area contributed by atoms with Gasteiger partial charge in [0.05, 0.1) is 12.1 Å². The number of piperidine rings is 1. The fraction of sp³-hybridized carbons (Fsp3) is 0.833. The second-order valence-corrected chi connectivity index (χ2v) is 2.94. The molecule has 0 spiro atoms. The van der Waals surface area contributed by atoms with E-state index < -0.39 is 18.2 Å². The molecule has 7 nitrogen and oxygen atoms in total. The summed E-state index contributed by atoms with van der Waals surface area (Å²) < 4.78 is 0. The standard InChI is InChI=1S/C6H10N4O3/c7-9-8-4-1-5(11)3-10(2-4)6(12)13/h4-5,11H,1-3H2,(H,12,13). The number of nitrogens with zero attached hydrogens (tertiary/aromatic N) is 4. The van der Waals surface area contributed by atoms with E-state index in [0.717, 1.165) is 4.90 Å². The molecule has 1 aliphatic heterocycles. The predicted octanol–water partition coefficient (Wildman–Crippen LogP) is 0.410. The van der Waals surface area contributed by atoms with Crippen molar-refractivity contribution in [1.29, 1.82) is 0 Å². The van der Waals surface area contributed by atoms with Crippen LogP contribution < -0.4 is 0 Å². The Bertz CT molecular complexity index is 240. The lowest BCUT2D eigenvalue weighted by Gasteiger charge is -2.31. The number of azide groups is 1. The van der Waals surface area contributed by atoms with Crippen molar-refractivity contribution in [1.82, 2.24) is 4.90 Å². The third-order valence-electron chi connectivity index (χ3n) is 1.89. The Labute approximate surface area is 74.2 Å². The van der Waals surface area contributed by atoms with Crippen molar-refractivity contribution in [2.24, 2.45) is 5.11 Å². The minimum absolute atomic E-state index is 0.0901. The van der Waals surface area contributed by atoms with E-state index in [2.05, 4.69) is 10.0 Å². The molecule has 1 saturated heterocycles. The van der Waals surface area contributed by atoms with Crippen molar-refractivity contribution in [3.05, 3.63) is 10.4 Å². The van der Waals surface area contributed by atoms with Crippen LogP contribution in [0.3, 0.4) is 0 Å². The SMILES string of the molecule is [N-]=[N+]=NC1CC(O)CN(C(=O)O)C1. The molecule has 0 aliphatic carbocycles. The van der Waals surface area contributed by atoms with Crippen LogP contribution in [0.25, 0.3) is 10.4 Å². The van der Waals surface area contributed by atoms with Gasteiger partial charge in [0.15, 0.2) is 0 Å². The van der Waals surface area contributed by atoms with Gasteiger partial charge in [0.2, 0.25) is 0 Å². The highest BCUT2D eigenvalue weighted by Gasteiger charge is 2.27. The van der Waals surface area contributed by atoms with E-state index in [1.807, 2.05) is 0 Å². The summed E-state index contributed by atoms with van der Waals surface area (Å²) in [4.78, 5) is 14.2. The second-order valence-electron chi connectivity index (χ2n) is 2.94. The Balaban J connectivity index is 2.62. The first-order valence-electron chi connectivity index (χ1n) is 3.83. The summed E-state index contributed by atoms with van der Waals surface area (Å²) in [7, 11) is 0. The van der Waals surface area contributed by atoms with E-state index in [9.17, 15) is 9.90 Å². The minimum atomic E-state index is -1.10. The monoisotopic (exact) mass is 186 g/mol. The molecule has 0 bridgehead atoms. The summed E-state index contributed by atoms with van der Waals surface area (Å²) in [6.07, 6.45) is -1.51. The summed E-state index contributed by atoms with van der Waals surface area (Å²) in [6, 6.07) is -0.454. The van der Waals surface area contributed by atoms with E-state index in [-0.39, 0.29) is 13.1 Å². The molecule has 7 heteroatoms. The van der Waals surface area contributed by atoms with E-state index in [0.29, 0.717) is 6.42 Å². The molecule has 1 aliphatic rings. The van der Waals surface area contributed by atoms with Crippen molar-refractivity contribution in [3.8, 4) is 0 Å². The molecule has 2 N–H and O–H groups in total. The van der Waals surface area contributed by atoms with Crippen molar-refractivity contribution in [2.45, 2.75) is 18.6 Å². The normalized spacial score (nSPS) is 27.9. The molecule has 0 aromatic carbocycles. The topological polar surface area (TPSA) is 110 Å². The molecule has 1 heterocycles. The number of aliphatic hydroxyl groups is 1. The first kappa shape index (κ1) is 9.63. The summed E-state index contributed by atoms with van der Waals surface area (Å²) >= 11 is 0. The Hall–Kier alpha value is -1.46. The number of aliphatic hydroxyl groups excluding tert-OH is 1. The lowest BCUT2D eigenvalue weighted by atomic mass is 10.0. The highest BCUT2D eigenvalue weighted by Crippen LogP contribution is 2.13. The molecule has 72 valence electrons. The van der Waals surface area contributed by atoms with E-state index in [1.165, 1.54) is 0 Å². The van der Waals surface area contributed by atoms with Crippen LogP contribution in [-0.4, -0.2) is 46.4 Å². The molecule has 2 atom stereocenters. The van der Waals surface area contributed by atoms with E-state index in [1.54, 1.807) is 0 Å². The quantitative estimate of drug-likeness (QED) is 0.351. The molecule has 0 saturated carbocycles. The van der Waals surface area contributed by atoms with Gasteiger partial charge in [-0.1, -0.05) is 5.11 Å². The number of carbonyl (C=O) groups is 1. The zero-order chi connectivity index (χ0) is 9.84. The van der Waals surface area contributed by atoms with E-state index >= 15 is 0 Å². The predicted molar refractivity (Wildman–Crippen MR) is 43.2 cm³/mol. The van der Waals surface area contributed by atoms with Gasteiger partial charge in [-0.3, -0.25) is 0 Å². The Kier molecular flexibility index (Phi) is 2.94. The zero-order valence-electron chi connectivity index (χ0n) is 6.87. The summed E-state index contributed by atoms with van der Waals surface area (Å²) in [6.45, 7) is 0.253. The van der Waals surface area contributed by atoms with Crippen LogP contribution >= 0.6 is 0 Å². The first-order valence-corrected chi connectivity index (χ1v) is 3.83. The minimum Gasteiger partial charge on any atom is -0.465 e. The Morgan fingerprint density at radius 2 is 2.31 bits per heavy atom. The molecular weight excluding hydrogens is 176 g/mol. The van der Waals surface area contributed by atoms with Gasteiger partial charge in [-0.15, -0.1) is 0 Å².